The summed E-state index contributed by atoms with van der Waals surface area (Å²) in [5, 5.41) is 13.8. The molecule has 2 unspecified atom stereocenters. The Bertz CT molecular complexity index is 1200. The Hall–Kier alpha value is -3.41. The molecular formula is C26H29N3O3. The molecular weight excluding hydrogens is 402 g/mol. The van der Waals surface area contributed by atoms with Crippen molar-refractivity contribution in [1.29, 1.82) is 0 Å². The second-order valence-corrected chi connectivity index (χ2v) is 8.51. The van der Waals surface area contributed by atoms with Crippen LogP contribution in [0.1, 0.15) is 54.7 Å². The van der Waals surface area contributed by atoms with Gasteiger partial charge in [0.15, 0.2) is 0 Å². The molecule has 4 rings (SSSR count). The van der Waals surface area contributed by atoms with Crippen LogP contribution in [0, 0.1) is 19.8 Å². The fourth-order valence-electron chi connectivity index (χ4n) is 4.33. The second kappa shape index (κ2) is 8.99. The highest BCUT2D eigenvalue weighted by Crippen LogP contribution is 2.38. The van der Waals surface area contributed by atoms with Gasteiger partial charge in [0.1, 0.15) is 17.4 Å². The highest BCUT2D eigenvalue weighted by atomic mass is 16.5. The molecule has 0 saturated heterocycles. The molecule has 0 amide bonds. The van der Waals surface area contributed by atoms with Crippen LogP contribution in [0.25, 0.3) is 16.5 Å². The van der Waals surface area contributed by atoms with E-state index in [1.165, 1.54) is 11.1 Å². The van der Waals surface area contributed by atoms with Gasteiger partial charge in [-0.05, 0) is 57.2 Å². The predicted molar refractivity (Wildman–Crippen MR) is 127 cm³/mol. The van der Waals surface area contributed by atoms with Gasteiger partial charge in [-0.25, -0.2) is 9.97 Å². The number of fused-ring (bicyclic) bond motifs is 1. The fourth-order valence-corrected chi connectivity index (χ4v) is 4.33. The lowest BCUT2D eigenvalue weighted by molar-refractivity contribution is -0.141. The summed E-state index contributed by atoms with van der Waals surface area (Å²) in [6, 6.07) is 12.5. The lowest BCUT2D eigenvalue weighted by Crippen LogP contribution is -2.16. The van der Waals surface area contributed by atoms with Crippen molar-refractivity contribution in [3.05, 3.63) is 65.0 Å². The number of nitrogens with one attached hydrogen (secondary N) is 1. The maximum atomic E-state index is 11.3. The van der Waals surface area contributed by atoms with Crippen molar-refractivity contribution >= 4 is 28.3 Å². The molecule has 166 valence electrons. The van der Waals surface area contributed by atoms with Crippen LogP contribution in [0.5, 0.6) is 5.75 Å². The molecule has 0 radical (unpaired) electrons. The molecule has 3 aromatic rings. The molecule has 1 aliphatic carbocycles. The Morgan fingerprint density at radius 1 is 1.22 bits per heavy atom. The maximum Gasteiger partial charge on any atom is 0.306 e. The summed E-state index contributed by atoms with van der Waals surface area (Å²) in [6.45, 7) is 6.10. The van der Waals surface area contributed by atoms with Crippen LogP contribution in [0.4, 0.5) is 5.82 Å². The lowest BCUT2D eigenvalue weighted by Gasteiger charge is -2.22. The summed E-state index contributed by atoms with van der Waals surface area (Å²) in [5.74, 6) is 1.17. The number of aryl methyl sites for hydroxylation is 2. The molecule has 0 spiro atoms. The van der Waals surface area contributed by atoms with Crippen LogP contribution in [0.2, 0.25) is 0 Å². The fraction of sp³-hybridized carbons (Fsp3) is 0.346. The van der Waals surface area contributed by atoms with Crippen LogP contribution in [-0.2, 0) is 4.79 Å². The van der Waals surface area contributed by atoms with E-state index >= 15 is 0 Å². The first-order valence-corrected chi connectivity index (χ1v) is 11.0. The van der Waals surface area contributed by atoms with E-state index < -0.39 is 5.97 Å². The molecule has 0 saturated carbocycles. The van der Waals surface area contributed by atoms with Gasteiger partial charge in [0, 0.05) is 23.1 Å². The zero-order chi connectivity index (χ0) is 22.8. The van der Waals surface area contributed by atoms with Crippen molar-refractivity contribution in [2.24, 2.45) is 5.92 Å². The minimum absolute atomic E-state index is 0.0724. The Labute approximate surface area is 188 Å². The van der Waals surface area contributed by atoms with E-state index in [1.807, 2.05) is 19.1 Å². The number of carboxylic acid groups (broad SMARTS) is 1. The average molecular weight is 432 g/mol. The molecule has 6 heteroatoms. The normalized spacial score (nSPS) is 17.0. The van der Waals surface area contributed by atoms with Gasteiger partial charge in [-0.15, -0.1) is 0 Å². The smallest absolute Gasteiger partial charge is 0.306 e. The van der Waals surface area contributed by atoms with Crippen molar-refractivity contribution in [2.45, 2.75) is 46.1 Å². The summed E-state index contributed by atoms with van der Waals surface area (Å²) in [4.78, 5) is 20.7. The summed E-state index contributed by atoms with van der Waals surface area (Å²) < 4.78 is 5.69. The van der Waals surface area contributed by atoms with E-state index in [0.717, 1.165) is 33.6 Å². The quantitative estimate of drug-likeness (QED) is 0.521. The summed E-state index contributed by atoms with van der Waals surface area (Å²) in [7, 11) is 1.65. The van der Waals surface area contributed by atoms with Crippen molar-refractivity contribution in [3.8, 4) is 5.75 Å². The lowest BCUT2D eigenvalue weighted by atomic mass is 9.86. The van der Waals surface area contributed by atoms with Crippen molar-refractivity contribution < 1.29 is 14.6 Å². The molecule has 0 fully saturated rings. The maximum absolute atomic E-state index is 11.3. The Morgan fingerprint density at radius 2 is 2.03 bits per heavy atom. The topological polar surface area (TPSA) is 84.3 Å². The molecule has 2 atom stereocenters. The third kappa shape index (κ3) is 4.44. The monoisotopic (exact) mass is 431 g/mol. The molecule has 1 aliphatic rings. The molecule has 1 heterocycles. The number of nitrogens with zero attached hydrogens (tertiary/aromatic N) is 2. The van der Waals surface area contributed by atoms with E-state index in [9.17, 15) is 9.90 Å². The largest absolute Gasteiger partial charge is 0.496 e. The number of carboxylic acids is 1. The van der Waals surface area contributed by atoms with Crippen LogP contribution in [0.3, 0.4) is 0 Å². The van der Waals surface area contributed by atoms with Crippen molar-refractivity contribution in [2.75, 3.05) is 12.4 Å². The summed E-state index contributed by atoms with van der Waals surface area (Å²) >= 11 is 0. The van der Waals surface area contributed by atoms with E-state index in [0.29, 0.717) is 25.1 Å². The molecule has 1 aromatic heterocycles. The summed E-state index contributed by atoms with van der Waals surface area (Å²) in [5.41, 5.74) is 5.31. The number of ether oxygens (including phenoxy) is 1. The highest BCUT2D eigenvalue weighted by Gasteiger charge is 2.23. The first-order valence-electron chi connectivity index (χ1n) is 11.0. The van der Waals surface area contributed by atoms with E-state index in [2.05, 4.69) is 54.5 Å². The van der Waals surface area contributed by atoms with E-state index in [1.54, 1.807) is 7.11 Å². The third-order valence-corrected chi connectivity index (χ3v) is 6.13. The Kier molecular flexibility index (Phi) is 6.12. The molecule has 6 nitrogen and oxygen atoms in total. The second-order valence-electron chi connectivity index (χ2n) is 8.51. The van der Waals surface area contributed by atoms with Crippen LogP contribution < -0.4 is 10.1 Å². The number of hydrogen-bond donors (Lipinski definition) is 2. The van der Waals surface area contributed by atoms with Gasteiger partial charge in [-0.2, -0.15) is 0 Å². The van der Waals surface area contributed by atoms with Crippen LogP contribution in [0.15, 0.2) is 42.5 Å². The van der Waals surface area contributed by atoms with Gasteiger partial charge in [0.2, 0.25) is 0 Å². The first kappa shape index (κ1) is 21.8. The predicted octanol–water partition coefficient (Wildman–Crippen LogP) is 5.70. The Morgan fingerprint density at radius 3 is 2.69 bits per heavy atom. The van der Waals surface area contributed by atoms with Crippen LogP contribution in [-0.4, -0.2) is 28.2 Å². The van der Waals surface area contributed by atoms with Crippen LogP contribution >= 0.6 is 0 Å². The standard InChI is InChI=1S/C26H29N3O3/c1-15-6-5-7-20(12-15)16(2)27-25-22-13-21(18-8-10-19(11-9-18)26(30)31)24(32-4)14-23(22)28-17(3)29-25/h5-8,12-14,16,19H,9-11H2,1-4H3,(H,30,31)(H,27,28,29). The minimum atomic E-state index is -0.730. The van der Waals surface area contributed by atoms with Gasteiger partial charge in [-0.3, -0.25) is 4.79 Å². The number of aromatic nitrogens is 2. The first-order chi connectivity index (χ1) is 15.4. The molecule has 2 aromatic carbocycles. The van der Waals surface area contributed by atoms with Crippen molar-refractivity contribution in [1.82, 2.24) is 9.97 Å². The van der Waals surface area contributed by atoms with Gasteiger partial charge in [0.25, 0.3) is 0 Å². The van der Waals surface area contributed by atoms with Crippen molar-refractivity contribution in [3.63, 3.8) is 0 Å². The number of benzene rings is 2. The molecule has 0 aliphatic heterocycles. The summed E-state index contributed by atoms with van der Waals surface area (Å²) in [6.07, 6.45) is 3.89. The number of rotatable bonds is 6. The zero-order valence-corrected chi connectivity index (χ0v) is 19.0. The molecule has 2 N–H and O–H groups in total. The minimum Gasteiger partial charge on any atom is -0.496 e. The average Bonchev–Trinajstić information content (AvgIpc) is 2.78. The number of anilines is 1. The number of allylic oxidation sites excluding steroid dienone is 2. The van der Waals surface area contributed by atoms with Gasteiger partial charge < -0.3 is 15.2 Å². The van der Waals surface area contributed by atoms with Gasteiger partial charge in [-0.1, -0.05) is 35.9 Å². The zero-order valence-electron chi connectivity index (χ0n) is 19.0. The molecule has 0 bridgehead atoms. The number of hydrogen-bond acceptors (Lipinski definition) is 5. The number of aliphatic carboxylic acids is 1. The number of methoxy groups -OCH3 is 1. The van der Waals surface area contributed by atoms with Gasteiger partial charge in [0.05, 0.1) is 18.5 Å². The molecule has 32 heavy (non-hydrogen) atoms. The Balaban J connectivity index is 1.75. The third-order valence-electron chi connectivity index (χ3n) is 6.13. The van der Waals surface area contributed by atoms with Gasteiger partial charge >= 0.3 is 5.97 Å². The van der Waals surface area contributed by atoms with E-state index in [-0.39, 0.29) is 12.0 Å². The van der Waals surface area contributed by atoms with E-state index in [4.69, 9.17) is 9.72 Å². The number of carbonyl (C=O) groups is 1. The SMILES string of the molecule is COc1cc2nc(C)nc(NC(C)c3cccc(C)c3)c2cc1C1=CCC(C(=O)O)CC1. The highest BCUT2D eigenvalue weighted by molar-refractivity contribution is 5.94.